The van der Waals surface area contributed by atoms with Gasteiger partial charge in [0.25, 0.3) is 5.91 Å². The Labute approximate surface area is 154 Å². The number of nitrogens with zero attached hydrogens (tertiary/aromatic N) is 1. The third-order valence-corrected chi connectivity index (χ3v) is 5.81. The molecule has 1 aromatic rings. The maximum absolute atomic E-state index is 13.2. The predicted molar refractivity (Wildman–Crippen MR) is 99.9 cm³/mol. The first-order valence-corrected chi connectivity index (χ1v) is 9.80. The minimum absolute atomic E-state index is 0.0545. The summed E-state index contributed by atoms with van der Waals surface area (Å²) < 4.78 is 10.7. The molecule has 0 radical (unpaired) electrons. The normalized spacial score (nSPS) is 20.0. The predicted octanol–water partition coefficient (Wildman–Crippen LogP) is 3.58. The molecule has 1 aliphatic heterocycles. The Hall–Kier alpha value is -1.69. The number of hydrogen-bond acceptors (Lipinski definition) is 5. The van der Waals surface area contributed by atoms with E-state index in [9.17, 15) is 9.59 Å². The molecule has 25 heavy (non-hydrogen) atoms. The largest absolute Gasteiger partial charge is 0.496 e. The molecule has 138 valence electrons. The number of unbranched alkanes of at least 4 members (excludes halogenated alkanes) is 1. The first kappa shape index (κ1) is 19.6. The molecule has 0 bridgehead atoms. The summed E-state index contributed by atoms with van der Waals surface area (Å²) in [5, 5.41) is -0.0545. The number of hydrogen-bond donors (Lipinski definition) is 0. The van der Waals surface area contributed by atoms with Gasteiger partial charge in [-0.2, -0.15) is 0 Å². The van der Waals surface area contributed by atoms with E-state index in [1.807, 2.05) is 13.0 Å². The van der Waals surface area contributed by atoms with Crippen molar-refractivity contribution in [2.75, 3.05) is 19.5 Å². The van der Waals surface area contributed by atoms with Gasteiger partial charge in [-0.25, -0.2) is 4.79 Å². The second kappa shape index (κ2) is 9.13. The number of amides is 1. The van der Waals surface area contributed by atoms with E-state index in [-0.39, 0.29) is 23.2 Å². The van der Waals surface area contributed by atoms with Crippen molar-refractivity contribution in [3.8, 4) is 5.75 Å². The van der Waals surface area contributed by atoms with Gasteiger partial charge in [-0.05, 0) is 24.5 Å². The van der Waals surface area contributed by atoms with Gasteiger partial charge in [0.2, 0.25) is 0 Å². The lowest BCUT2D eigenvalue weighted by molar-refractivity contribution is -0.148. The number of carbonyl (C=O) groups excluding carboxylic acids is 2. The third kappa shape index (κ3) is 4.48. The van der Waals surface area contributed by atoms with Crippen LogP contribution in [-0.2, 0) is 9.53 Å². The van der Waals surface area contributed by atoms with Crippen LogP contribution in [0.1, 0.15) is 44.0 Å². The van der Waals surface area contributed by atoms with E-state index in [4.69, 9.17) is 9.47 Å². The number of esters is 1. The Morgan fingerprint density at radius 2 is 2.04 bits per heavy atom. The molecule has 2 atom stereocenters. The Balaban J connectivity index is 2.26. The number of ether oxygens (including phenoxy) is 2. The zero-order chi connectivity index (χ0) is 18.4. The van der Waals surface area contributed by atoms with E-state index in [2.05, 4.69) is 13.8 Å². The van der Waals surface area contributed by atoms with Gasteiger partial charge in [0.05, 0.1) is 24.7 Å². The number of benzene rings is 1. The van der Waals surface area contributed by atoms with Crippen molar-refractivity contribution in [2.24, 2.45) is 5.92 Å². The molecule has 1 amide bonds. The summed E-state index contributed by atoms with van der Waals surface area (Å²) >= 11 is 1.63. The Bertz CT molecular complexity index is 605. The van der Waals surface area contributed by atoms with Crippen molar-refractivity contribution in [2.45, 2.75) is 45.0 Å². The van der Waals surface area contributed by atoms with Crippen LogP contribution in [-0.4, -0.2) is 47.7 Å². The maximum atomic E-state index is 13.2. The van der Waals surface area contributed by atoms with Crippen LogP contribution in [0.15, 0.2) is 24.3 Å². The fourth-order valence-corrected chi connectivity index (χ4v) is 4.32. The standard InChI is InChI=1S/C19H27NO4S/c1-5-6-11-24-19(22)15-12-25-18(13(2)3)20(15)17(21)14-9-7-8-10-16(14)23-4/h7-10,13,15,18H,5-6,11-12H2,1-4H3. The summed E-state index contributed by atoms with van der Waals surface area (Å²) in [7, 11) is 1.54. The minimum Gasteiger partial charge on any atom is -0.496 e. The number of carbonyl (C=O) groups is 2. The molecular weight excluding hydrogens is 338 g/mol. The molecule has 2 unspecified atom stereocenters. The van der Waals surface area contributed by atoms with Crippen LogP contribution in [0, 0.1) is 5.92 Å². The van der Waals surface area contributed by atoms with Crippen molar-refractivity contribution in [1.29, 1.82) is 0 Å². The van der Waals surface area contributed by atoms with Crippen LogP contribution in [0.5, 0.6) is 5.75 Å². The second-order valence-corrected chi connectivity index (χ2v) is 7.57. The molecule has 1 aromatic carbocycles. The molecule has 0 N–H and O–H groups in total. The smallest absolute Gasteiger partial charge is 0.329 e. The van der Waals surface area contributed by atoms with E-state index in [0.29, 0.717) is 23.7 Å². The zero-order valence-electron chi connectivity index (χ0n) is 15.4. The van der Waals surface area contributed by atoms with Crippen LogP contribution in [0.2, 0.25) is 0 Å². The molecule has 1 aliphatic rings. The van der Waals surface area contributed by atoms with Gasteiger partial charge in [-0.15, -0.1) is 11.8 Å². The molecule has 0 saturated carbocycles. The van der Waals surface area contributed by atoms with E-state index in [1.54, 1.807) is 42.0 Å². The quantitative estimate of drug-likeness (QED) is 0.546. The summed E-state index contributed by atoms with van der Waals surface area (Å²) in [4.78, 5) is 27.4. The van der Waals surface area contributed by atoms with Crippen LogP contribution >= 0.6 is 11.8 Å². The van der Waals surface area contributed by atoms with Crippen molar-refractivity contribution < 1.29 is 19.1 Å². The van der Waals surface area contributed by atoms with Gasteiger partial charge >= 0.3 is 5.97 Å². The molecule has 1 fully saturated rings. The van der Waals surface area contributed by atoms with Crippen molar-refractivity contribution >= 4 is 23.6 Å². The number of rotatable bonds is 7. The fourth-order valence-electron chi connectivity index (χ4n) is 2.85. The first-order valence-electron chi connectivity index (χ1n) is 8.75. The van der Waals surface area contributed by atoms with Gasteiger partial charge in [0.1, 0.15) is 11.8 Å². The Kier molecular flexibility index (Phi) is 7.17. The van der Waals surface area contributed by atoms with Gasteiger partial charge in [0.15, 0.2) is 0 Å². The molecular formula is C19H27NO4S. The Morgan fingerprint density at radius 3 is 2.68 bits per heavy atom. The Morgan fingerprint density at radius 1 is 1.32 bits per heavy atom. The summed E-state index contributed by atoms with van der Waals surface area (Å²) in [5.74, 6) is 0.822. The second-order valence-electron chi connectivity index (χ2n) is 6.42. The van der Waals surface area contributed by atoms with Gasteiger partial charge < -0.3 is 14.4 Å². The van der Waals surface area contributed by atoms with Crippen molar-refractivity contribution in [3.63, 3.8) is 0 Å². The van der Waals surface area contributed by atoms with E-state index in [0.717, 1.165) is 12.8 Å². The molecule has 1 heterocycles. The lowest BCUT2D eigenvalue weighted by Gasteiger charge is -2.31. The SMILES string of the molecule is CCCCOC(=O)C1CSC(C(C)C)N1C(=O)c1ccccc1OC. The highest BCUT2D eigenvalue weighted by Crippen LogP contribution is 2.36. The van der Waals surface area contributed by atoms with Crippen LogP contribution in [0.3, 0.4) is 0 Å². The van der Waals surface area contributed by atoms with Gasteiger partial charge in [-0.1, -0.05) is 39.3 Å². The van der Waals surface area contributed by atoms with E-state index in [1.165, 1.54) is 0 Å². The van der Waals surface area contributed by atoms with Crippen molar-refractivity contribution in [3.05, 3.63) is 29.8 Å². The maximum Gasteiger partial charge on any atom is 0.329 e. The number of methoxy groups -OCH3 is 1. The lowest BCUT2D eigenvalue weighted by Crippen LogP contribution is -2.47. The summed E-state index contributed by atoms with van der Waals surface area (Å²) in [6.07, 6.45) is 1.80. The highest BCUT2D eigenvalue weighted by molar-refractivity contribution is 8.00. The first-order chi connectivity index (χ1) is 12.0. The average Bonchev–Trinajstić information content (AvgIpc) is 3.06. The topological polar surface area (TPSA) is 55.8 Å². The number of thioether (sulfide) groups is 1. The van der Waals surface area contributed by atoms with E-state index >= 15 is 0 Å². The van der Waals surface area contributed by atoms with Crippen molar-refractivity contribution in [1.82, 2.24) is 4.90 Å². The van der Waals surface area contributed by atoms with Crippen LogP contribution in [0.25, 0.3) is 0 Å². The van der Waals surface area contributed by atoms with Crippen LogP contribution < -0.4 is 4.74 Å². The molecule has 0 aromatic heterocycles. The summed E-state index contributed by atoms with van der Waals surface area (Å²) in [6, 6.07) is 6.57. The monoisotopic (exact) mass is 365 g/mol. The molecule has 6 heteroatoms. The molecule has 0 aliphatic carbocycles. The third-order valence-electron chi connectivity index (χ3n) is 4.19. The highest BCUT2D eigenvalue weighted by atomic mass is 32.2. The molecule has 1 saturated heterocycles. The fraction of sp³-hybridized carbons (Fsp3) is 0.579. The average molecular weight is 365 g/mol. The van der Waals surface area contributed by atoms with Gasteiger partial charge in [0, 0.05) is 5.75 Å². The van der Waals surface area contributed by atoms with Gasteiger partial charge in [-0.3, -0.25) is 4.79 Å². The highest BCUT2D eigenvalue weighted by Gasteiger charge is 2.44. The molecule has 2 rings (SSSR count). The van der Waals surface area contributed by atoms with Crippen LogP contribution in [0.4, 0.5) is 0 Å². The lowest BCUT2D eigenvalue weighted by atomic mass is 10.1. The number of para-hydroxylation sites is 1. The summed E-state index contributed by atoms with van der Waals surface area (Å²) in [6.45, 7) is 6.57. The molecule has 5 nitrogen and oxygen atoms in total. The summed E-state index contributed by atoms with van der Waals surface area (Å²) in [5.41, 5.74) is 0.476. The molecule has 0 spiro atoms. The zero-order valence-corrected chi connectivity index (χ0v) is 16.2. The minimum atomic E-state index is -0.549. The van der Waals surface area contributed by atoms with E-state index < -0.39 is 6.04 Å².